The van der Waals surface area contributed by atoms with Crippen molar-refractivity contribution >= 4 is 11.5 Å². The Balaban J connectivity index is 2.29. The Hall–Kier alpha value is -1.65. The van der Waals surface area contributed by atoms with E-state index in [1.165, 1.54) is 12.5 Å². The van der Waals surface area contributed by atoms with Crippen molar-refractivity contribution in [2.24, 2.45) is 0 Å². The number of anilines is 1. The molecular formula is C10H13N3O2. The third kappa shape index (κ3) is 1.77. The van der Waals surface area contributed by atoms with Gasteiger partial charge in [-0.15, -0.1) is 0 Å². The molecular weight excluding hydrogens is 194 g/mol. The summed E-state index contributed by atoms with van der Waals surface area (Å²) in [5.41, 5.74) is 0.0897. The van der Waals surface area contributed by atoms with Gasteiger partial charge in [0.15, 0.2) is 0 Å². The van der Waals surface area contributed by atoms with Gasteiger partial charge in [0, 0.05) is 25.4 Å². The maximum absolute atomic E-state index is 10.8. The zero-order valence-corrected chi connectivity index (χ0v) is 8.59. The standard InChI is InChI=1S/C10H13N3O2/c1-12(8-4-2-5-8)10-9(13(14)15)6-3-7-11-10/h3,6-8H,2,4-5H2,1H3. The highest BCUT2D eigenvalue weighted by Crippen LogP contribution is 2.31. The van der Waals surface area contributed by atoms with Crippen LogP contribution in [0.2, 0.25) is 0 Å². The summed E-state index contributed by atoms with van der Waals surface area (Å²) in [5.74, 6) is 0.479. The molecule has 1 aliphatic carbocycles. The molecule has 1 saturated carbocycles. The van der Waals surface area contributed by atoms with Crippen molar-refractivity contribution < 1.29 is 4.92 Å². The lowest BCUT2D eigenvalue weighted by molar-refractivity contribution is -0.384. The third-order valence-electron chi connectivity index (χ3n) is 2.92. The fourth-order valence-electron chi connectivity index (χ4n) is 1.75. The second-order valence-electron chi connectivity index (χ2n) is 3.80. The van der Waals surface area contributed by atoms with Gasteiger partial charge in [-0.3, -0.25) is 10.1 Å². The first kappa shape index (κ1) is 9.89. The Kier molecular flexibility index (Phi) is 2.53. The Bertz CT molecular complexity index is 377. The fraction of sp³-hybridized carbons (Fsp3) is 0.500. The molecule has 2 rings (SSSR count). The lowest BCUT2D eigenvalue weighted by Crippen LogP contribution is -2.37. The van der Waals surface area contributed by atoms with Crippen LogP contribution in [0.15, 0.2) is 18.3 Å². The van der Waals surface area contributed by atoms with Gasteiger partial charge in [-0.2, -0.15) is 0 Å². The third-order valence-corrected chi connectivity index (χ3v) is 2.92. The van der Waals surface area contributed by atoms with Gasteiger partial charge in [0.1, 0.15) is 0 Å². The van der Waals surface area contributed by atoms with E-state index in [0.29, 0.717) is 11.9 Å². The maximum Gasteiger partial charge on any atom is 0.311 e. The number of hydrogen-bond acceptors (Lipinski definition) is 4. The van der Waals surface area contributed by atoms with Gasteiger partial charge >= 0.3 is 5.69 Å². The van der Waals surface area contributed by atoms with Crippen LogP contribution in [0.25, 0.3) is 0 Å². The first-order chi connectivity index (χ1) is 7.20. The minimum atomic E-state index is -0.377. The van der Waals surface area contributed by atoms with Crippen molar-refractivity contribution in [3.63, 3.8) is 0 Å². The Morgan fingerprint density at radius 2 is 2.33 bits per heavy atom. The van der Waals surface area contributed by atoms with Crippen LogP contribution >= 0.6 is 0 Å². The number of aromatic nitrogens is 1. The van der Waals surface area contributed by atoms with Crippen LogP contribution in [0.5, 0.6) is 0 Å². The zero-order chi connectivity index (χ0) is 10.8. The van der Waals surface area contributed by atoms with Crippen molar-refractivity contribution in [1.29, 1.82) is 0 Å². The molecule has 15 heavy (non-hydrogen) atoms. The summed E-state index contributed by atoms with van der Waals surface area (Å²) in [4.78, 5) is 16.4. The molecule has 0 atom stereocenters. The summed E-state index contributed by atoms with van der Waals surface area (Å²) in [6.45, 7) is 0. The normalized spacial score (nSPS) is 15.8. The van der Waals surface area contributed by atoms with Gasteiger partial charge in [0.05, 0.1) is 4.92 Å². The van der Waals surface area contributed by atoms with E-state index < -0.39 is 0 Å². The largest absolute Gasteiger partial charge is 0.351 e. The smallest absolute Gasteiger partial charge is 0.311 e. The molecule has 1 aromatic heterocycles. The van der Waals surface area contributed by atoms with Crippen LogP contribution in [0.3, 0.4) is 0 Å². The molecule has 0 radical (unpaired) electrons. The number of nitro groups is 1. The number of pyridine rings is 1. The Morgan fingerprint density at radius 3 is 2.87 bits per heavy atom. The van der Waals surface area contributed by atoms with E-state index in [9.17, 15) is 10.1 Å². The Morgan fingerprint density at radius 1 is 1.60 bits per heavy atom. The van der Waals surface area contributed by atoms with E-state index in [4.69, 9.17) is 0 Å². The molecule has 80 valence electrons. The van der Waals surface area contributed by atoms with Crippen LogP contribution in [-0.2, 0) is 0 Å². The summed E-state index contributed by atoms with van der Waals surface area (Å²) in [5, 5.41) is 10.8. The highest BCUT2D eigenvalue weighted by Gasteiger charge is 2.27. The van der Waals surface area contributed by atoms with Crippen molar-refractivity contribution in [3.05, 3.63) is 28.4 Å². The van der Waals surface area contributed by atoms with E-state index in [1.54, 1.807) is 12.3 Å². The van der Waals surface area contributed by atoms with E-state index in [-0.39, 0.29) is 10.6 Å². The molecule has 1 heterocycles. The van der Waals surface area contributed by atoms with Crippen LogP contribution in [-0.4, -0.2) is 23.0 Å². The molecule has 0 N–H and O–H groups in total. The van der Waals surface area contributed by atoms with Crippen LogP contribution < -0.4 is 4.90 Å². The van der Waals surface area contributed by atoms with Gasteiger partial charge in [-0.25, -0.2) is 4.98 Å². The summed E-state index contributed by atoms with van der Waals surface area (Å²) in [6, 6.07) is 3.51. The highest BCUT2D eigenvalue weighted by molar-refractivity contribution is 5.57. The first-order valence-electron chi connectivity index (χ1n) is 5.02. The molecule has 0 aliphatic heterocycles. The van der Waals surface area contributed by atoms with Gasteiger partial charge in [-0.1, -0.05) is 0 Å². The predicted octanol–water partition coefficient (Wildman–Crippen LogP) is 1.98. The second-order valence-corrected chi connectivity index (χ2v) is 3.80. The monoisotopic (exact) mass is 207 g/mol. The van der Waals surface area contributed by atoms with Crippen molar-refractivity contribution in [3.8, 4) is 0 Å². The van der Waals surface area contributed by atoms with Gasteiger partial charge in [0.2, 0.25) is 5.82 Å². The van der Waals surface area contributed by atoms with Crippen LogP contribution in [0.1, 0.15) is 19.3 Å². The molecule has 5 nitrogen and oxygen atoms in total. The summed E-state index contributed by atoms with van der Waals surface area (Å²) >= 11 is 0. The fourth-order valence-corrected chi connectivity index (χ4v) is 1.75. The molecule has 5 heteroatoms. The van der Waals surface area contributed by atoms with Crippen LogP contribution in [0, 0.1) is 10.1 Å². The van der Waals surface area contributed by atoms with Crippen LogP contribution in [0.4, 0.5) is 11.5 Å². The minimum Gasteiger partial charge on any atom is -0.351 e. The van der Waals surface area contributed by atoms with E-state index in [0.717, 1.165) is 12.8 Å². The SMILES string of the molecule is CN(c1ncccc1[N+](=O)[O-])C1CCC1. The average molecular weight is 207 g/mol. The zero-order valence-electron chi connectivity index (χ0n) is 8.59. The van der Waals surface area contributed by atoms with Crippen molar-refractivity contribution in [2.75, 3.05) is 11.9 Å². The van der Waals surface area contributed by atoms with Gasteiger partial charge < -0.3 is 4.90 Å². The average Bonchev–Trinajstić information content (AvgIpc) is 2.15. The molecule has 0 aromatic carbocycles. The summed E-state index contributed by atoms with van der Waals surface area (Å²) in [6.07, 6.45) is 5.00. The predicted molar refractivity (Wildman–Crippen MR) is 56.9 cm³/mol. The molecule has 0 amide bonds. The first-order valence-corrected chi connectivity index (χ1v) is 5.02. The molecule has 0 unspecified atom stereocenters. The lowest BCUT2D eigenvalue weighted by atomic mass is 9.92. The van der Waals surface area contributed by atoms with E-state index in [2.05, 4.69) is 4.98 Å². The van der Waals surface area contributed by atoms with Crippen molar-refractivity contribution in [2.45, 2.75) is 25.3 Å². The van der Waals surface area contributed by atoms with Gasteiger partial charge in [-0.05, 0) is 25.3 Å². The number of hydrogen-bond donors (Lipinski definition) is 0. The molecule has 1 aliphatic rings. The summed E-state index contributed by atoms with van der Waals surface area (Å²) < 4.78 is 0. The number of rotatable bonds is 3. The second kappa shape index (κ2) is 3.84. The molecule has 0 bridgehead atoms. The Labute approximate surface area is 87.9 Å². The molecule has 1 fully saturated rings. The highest BCUT2D eigenvalue weighted by atomic mass is 16.6. The molecule has 0 spiro atoms. The molecule has 1 aromatic rings. The maximum atomic E-state index is 10.8. The minimum absolute atomic E-state index is 0.0897. The quantitative estimate of drug-likeness (QED) is 0.561. The number of nitrogens with zero attached hydrogens (tertiary/aromatic N) is 3. The van der Waals surface area contributed by atoms with Gasteiger partial charge in [0.25, 0.3) is 0 Å². The lowest BCUT2D eigenvalue weighted by Gasteiger charge is -2.35. The van der Waals surface area contributed by atoms with E-state index in [1.807, 2.05) is 11.9 Å². The topological polar surface area (TPSA) is 59.3 Å². The van der Waals surface area contributed by atoms with E-state index >= 15 is 0 Å². The summed E-state index contributed by atoms with van der Waals surface area (Å²) in [7, 11) is 1.87. The molecule has 0 saturated heterocycles. The van der Waals surface area contributed by atoms with Crippen molar-refractivity contribution in [1.82, 2.24) is 4.98 Å².